The summed E-state index contributed by atoms with van der Waals surface area (Å²) >= 11 is 0. The number of carbonyl (C=O) groups is 2. The number of benzene rings is 2. The molecule has 5 rings (SSSR count). The number of carbonyl (C=O) groups excluding carboxylic acids is 2. The van der Waals surface area contributed by atoms with Gasteiger partial charge in [0.1, 0.15) is 18.0 Å². The van der Waals surface area contributed by atoms with Crippen molar-refractivity contribution in [1.82, 2.24) is 10.6 Å². The van der Waals surface area contributed by atoms with Crippen molar-refractivity contribution in [3.63, 3.8) is 0 Å². The maximum Gasteiger partial charge on any atom is 0.243 e. The van der Waals surface area contributed by atoms with Gasteiger partial charge in [0, 0.05) is 30.9 Å². The number of allylic oxidation sites excluding steroid dienone is 8. The first-order chi connectivity index (χ1) is 29.0. The highest BCUT2D eigenvalue weighted by Gasteiger charge is 2.64. The molecule has 332 valence electrons. The third kappa shape index (κ3) is 11.1. The van der Waals surface area contributed by atoms with Gasteiger partial charge >= 0.3 is 0 Å². The van der Waals surface area contributed by atoms with Gasteiger partial charge in [-0.1, -0.05) is 77.9 Å². The number of aromatic hydroxyl groups is 1. The highest BCUT2D eigenvalue weighted by molar-refractivity contribution is 5.98. The SMILES string of the molecule is C=C(C=CC=C(CO)C1CCC2(C(CCCO)C(=C(C)C(=O)Cc3cccc4c3C(NCC(O)CCc3ccc(O)cc3)C(=O)NC4N)CCC2(C)O)C1O)CCC=C(C)C. The molecule has 8 unspecified atom stereocenters. The van der Waals surface area contributed by atoms with Crippen LogP contribution in [0.25, 0.3) is 0 Å². The molecule has 0 saturated heterocycles. The minimum atomic E-state index is -1.29. The van der Waals surface area contributed by atoms with E-state index in [0.29, 0.717) is 79.2 Å². The number of phenolic OH excluding ortho intramolecular Hbond substituents is 1. The van der Waals surface area contributed by atoms with Gasteiger partial charge in [-0.2, -0.15) is 0 Å². The summed E-state index contributed by atoms with van der Waals surface area (Å²) < 4.78 is 0. The number of fused-ring (bicyclic) bond motifs is 1. The lowest BCUT2D eigenvalue weighted by Gasteiger charge is -2.55. The maximum absolute atomic E-state index is 14.5. The molecular formula is C50H69N3O8. The monoisotopic (exact) mass is 840 g/mol. The van der Waals surface area contributed by atoms with E-state index in [1.807, 2.05) is 36.4 Å². The Morgan fingerprint density at radius 3 is 2.54 bits per heavy atom. The molecule has 0 aromatic heterocycles. The molecule has 10 N–H and O–H groups in total. The van der Waals surface area contributed by atoms with Crippen LogP contribution in [0.5, 0.6) is 5.75 Å². The summed E-state index contributed by atoms with van der Waals surface area (Å²) in [6.07, 6.45) is 10.5. The van der Waals surface area contributed by atoms with E-state index in [4.69, 9.17) is 5.73 Å². The molecule has 1 aliphatic heterocycles. The highest BCUT2D eigenvalue weighted by atomic mass is 16.3. The molecule has 11 nitrogen and oxygen atoms in total. The second-order valence-corrected chi connectivity index (χ2v) is 17.9. The predicted octanol–water partition coefficient (Wildman–Crippen LogP) is 6.00. The Labute approximate surface area is 361 Å². The molecule has 2 aromatic rings. The zero-order valence-electron chi connectivity index (χ0n) is 36.5. The van der Waals surface area contributed by atoms with Crippen molar-refractivity contribution in [3.8, 4) is 5.75 Å². The third-order valence-electron chi connectivity index (χ3n) is 13.6. The highest BCUT2D eigenvalue weighted by Crippen LogP contribution is 2.63. The number of amides is 1. The molecule has 8 atom stereocenters. The van der Waals surface area contributed by atoms with Crippen LogP contribution in [0.2, 0.25) is 0 Å². The number of aliphatic hydroxyl groups excluding tert-OH is 4. The summed E-state index contributed by atoms with van der Waals surface area (Å²) in [5.74, 6) is -1.18. The molecule has 1 amide bonds. The first kappa shape index (κ1) is 47.8. The Balaban J connectivity index is 1.40. The van der Waals surface area contributed by atoms with Crippen molar-refractivity contribution >= 4 is 11.7 Å². The summed E-state index contributed by atoms with van der Waals surface area (Å²) in [5.41, 5.74) is 11.2. The zero-order chi connectivity index (χ0) is 44.5. The van der Waals surface area contributed by atoms with Gasteiger partial charge in [-0.15, -0.1) is 0 Å². The number of phenols is 1. The lowest BCUT2D eigenvalue weighted by Crippen LogP contribution is -2.59. The number of aryl methyl sites for hydroxylation is 1. The smallest absolute Gasteiger partial charge is 0.243 e. The van der Waals surface area contributed by atoms with E-state index in [0.717, 1.165) is 29.6 Å². The van der Waals surface area contributed by atoms with Gasteiger partial charge in [0.2, 0.25) is 5.91 Å². The van der Waals surface area contributed by atoms with Crippen molar-refractivity contribution in [1.29, 1.82) is 0 Å². The van der Waals surface area contributed by atoms with E-state index in [9.17, 15) is 40.2 Å². The number of nitrogens with two attached hydrogens (primary N) is 1. The molecule has 11 heteroatoms. The number of aliphatic hydroxyl groups is 5. The van der Waals surface area contributed by atoms with Gasteiger partial charge in [-0.3, -0.25) is 14.9 Å². The van der Waals surface area contributed by atoms with Gasteiger partial charge in [-0.05, 0) is 143 Å². The molecule has 1 spiro atoms. The number of rotatable bonds is 19. The first-order valence-corrected chi connectivity index (χ1v) is 21.9. The fourth-order valence-corrected chi connectivity index (χ4v) is 10.2. The van der Waals surface area contributed by atoms with Crippen LogP contribution >= 0.6 is 0 Å². The summed E-state index contributed by atoms with van der Waals surface area (Å²) in [5, 5.41) is 71.8. The maximum atomic E-state index is 14.5. The van der Waals surface area contributed by atoms with E-state index in [-0.39, 0.29) is 43.6 Å². The number of nitrogens with one attached hydrogen (secondary N) is 2. The zero-order valence-corrected chi connectivity index (χ0v) is 36.5. The largest absolute Gasteiger partial charge is 0.508 e. The average molecular weight is 840 g/mol. The minimum Gasteiger partial charge on any atom is -0.508 e. The fourth-order valence-electron chi connectivity index (χ4n) is 10.2. The first-order valence-electron chi connectivity index (χ1n) is 21.9. The van der Waals surface area contributed by atoms with E-state index in [1.54, 1.807) is 38.1 Å². The summed E-state index contributed by atoms with van der Waals surface area (Å²) in [7, 11) is 0. The standard InChI is InChI=1S/C50H69N3O8/c1-31(2)10-6-11-32(3)12-7-14-36(30-55)40-24-26-50(46(40)59)42(16-9-27-54)39(23-25-49(50,5)61)33(4)43(58)28-35-13-8-15-41-44(35)45(48(60)53-47(41)51)52-29-38(57)22-19-34-17-20-37(56)21-18-34/h7-8,10,12-15,17-18,20-21,38,40,42,45-47,52,54-57,59,61H,3,6,9,11,16,19,22-30,51H2,1-2,4-5H3,(H,53,60). The van der Waals surface area contributed by atoms with Crippen LogP contribution in [0, 0.1) is 17.3 Å². The average Bonchev–Trinajstić information content (AvgIpc) is 3.56. The van der Waals surface area contributed by atoms with E-state index < -0.39 is 47.3 Å². The normalized spacial score (nSPS) is 27.8. The van der Waals surface area contributed by atoms with Crippen molar-refractivity contribution in [2.75, 3.05) is 19.8 Å². The molecule has 61 heavy (non-hydrogen) atoms. The van der Waals surface area contributed by atoms with E-state index >= 15 is 0 Å². The van der Waals surface area contributed by atoms with Crippen LogP contribution in [0.1, 0.15) is 120 Å². The third-order valence-corrected chi connectivity index (χ3v) is 13.6. The number of ketones is 1. The molecular weight excluding hydrogens is 771 g/mol. The second-order valence-electron chi connectivity index (χ2n) is 17.9. The van der Waals surface area contributed by atoms with Crippen molar-refractivity contribution < 1.29 is 40.2 Å². The summed E-state index contributed by atoms with van der Waals surface area (Å²) in [6.45, 7) is 11.6. The minimum absolute atomic E-state index is 0.0231. The van der Waals surface area contributed by atoms with E-state index in [1.165, 1.54) is 5.57 Å². The van der Waals surface area contributed by atoms with Gasteiger partial charge in [0.25, 0.3) is 0 Å². The summed E-state index contributed by atoms with van der Waals surface area (Å²) in [6, 6.07) is 11.4. The molecule has 2 saturated carbocycles. The fraction of sp³-hybridized carbons (Fsp3) is 0.520. The molecule has 0 bridgehead atoms. The van der Waals surface area contributed by atoms with Gasteiger partial charge in [0.05, 0.1) is 24.4 Å². The molecule has 2 aromatic carbocycles. The Bertz CT molecular complexity index is 1990. The van der Waals surface area contributed by atoms with E-state index in [2.05, 4.69) is 37.1 Å². The lowest BCUT2D eigenvalue weighted by molar-refractivity contribution is -0.167. The number of hydrogen-bond acceptors (Lipinski definition) is 10. The Morgan fingerprint density at radius 1 is 1.11 bits per heavy atom. The number of hydrogen-bond donors (Lipinski definition) is 9. The Hall–Kier alpha value is -4.20. The second kappa shape index (κ2) is 21.3. The van der Waals surface area contributed by atoms with Crippen molar-refractivity contribution in [2.24, 2.45) is 23.0 Å². The summed E-state index contributed by atoms with van der Waals surface area (Å²) in [4.78, 5) is 28.0. The molecule has 1 heterocycles. The van der Waals surface area contributed by atoms with Crippen LogP contribution in [0.15, 0.2) is 101 Å². The molecule has 0 radical (unpaired) electrons. The Morgan fingerprint density at radius 2 is 1.85 bits per heavy atom. The topological polar surface area (TPSA) is 206 Å². The van der Waals surface area contributed by atoms with Gasteiger partial charge < -0.3 is 41.7 Å². The predicted molar refractivity (Wildman–Crippen MR) is 239 cm³/mol. The van der Waals surface area contributed by atoms with Crippen LogP contribution in [-0.2, 0) is 22.4 Å². The van der Waals surface area contributed by atoms with Crippen LogP contribution in [-0.4, -0.2) is 79.9 Å². The van der Waals surface area contributed by atoms with Crippen molar-refractivity contribution in [3.05, 3.63) is 123 Å². The quantitative estimate of drug-likeness (QED) is 0.0459. The van der Waals surface area contributed by atoms with Gasteiger partial charge in [0.15, 0.2) is 5.78 Å². The van der Waals surface area contributed by atoms with Crippen LogP contribution in [0.4, 0.5) is 0 Å². The Kier molecular flexibility index (Phi) is 16.7. The van der Waals surface area contributed by atoms with Crippen molar-refractivity contribution in [2.45, 2.75) is 128 Å². The molecule has 3 aliphatic rings. The van der Waals surface area contributed by atoms with Crippen LogP contribution < -0.4 is 16.4 Å². The molecule has 2 fully saturated rings. The molecule has 2 aliphatic carbocycles. The lowest BCUT2D eigenvalue weighted by atomic mass is 9.52. The van der Waals surface area contributed by atoms with Gasteiger partial charge in [-0.25, -0.2) is 0 Å². The van der Waals surface area contributed by atoms with Crippen LogP contribution in [0.3, 0.4) is 0 Å². The number of Topliss-reactive ketones (excluding diaryl/α,β-unsaturated/α-hetero) is 1.